The molecule has 0 radical (unpaired) electrons. The molecule has 3 heteroatoms. The van der Waals surface area contributed by atoms with Crippen molar-refractivity contribution in [3.05, 3.63) is 29.3 Å². The molecule has 2 heterocycles. The molecule has 0 aliphatic carbocycles. The molecule has 2 saturated heterocycles. The fourth-order valence-electron chi connectivity index (χ4n) is 3.60. The normalized spacial score (nSPS) is 24.3. The van der Waals surface area contributed by atoms with Crippen LogP contribution in [0.5, 0.6) is 0 Å². The summed E-state index contributed by atoms with van der Waals surface area (Å²) >= 11 is 0. The van der Waals surface area contributed by atoms with Gasteiger partial charge in [-0.05, 0) is 49.9 Å². The van der Waals surface area contributed by atoms with E-state index in [4.69, 9.17) is 0 Å². The summed E-state index contributed by atoms with van der Waals surface area (Å²) in [6.07, 6.45) is 3.98. The van der Waals surface area contributed by atoms with Crippen LogP contribution in [0.15, 0.2) is 18.2 Å². The second kappa shape index (κ2) is 5.51. The third kappa shape index (κ3) is 2.63. The predicted octanol–water partition coefficient (Wildman–Crippen LogP) is 2.16. The van der Waals surface area contributed by atoms with Gasteiger partial charge in [-0.25, -0.2) is 0 Å². The van der Waals surface area contributed by atoms with E-state index >= 15 is 0 Å². The van der Waals surface area contributed by atoms with Gasteiger partial charge >= 0.3 is 0 Å². The van der Waals surface area contributed by atoms with Crippen LogP contribution >= 0.6 is 0 Å². The van der Waals surface area contributed by atoms with Gasteiger partial charge in [0.1, 0.15) is 0 Å². The first-order chi connectivity index (χ1) is 9.28. The summed E-state index contributed by atoms with van der Waals surface area (Å²) in [5.41, 5.74) is 3.66. The number of benzene rings is 1. The Morgan fingerprint density at radius 3 is 2.84 bits per heavy atom. The molecule has 1 N–H and O–H groups in total. The fraction of sp³-hybridized carbons (Fsp3) is 0.625. The van der Waals surface area contributed by atoms with E-state index in [1.165, 1.54) is 50.1 Å². The largest absolute Gasteiger partial charge is 0.392 e. The van der Waals surface area contributed by atoms with Crippen molar-refractivity contribution in [2.75, 3.05) is 31.1 Å². The number of rotatable bonds is 2. The molecule has 2 aliphatic rings. The molecule has 2 fully saturated rings. The summed E-state index contributed by atoms with van der Waals surface area (Å²) < 4.78 is 0. The molecule has 1 unspecified atom stereocenters. The number of aliphatic hydroxyl groups is 1. The molecule has 0 aromatic heterocycles. The average Bonchev–Trinajstić information content (AvgIpc) is 2.76. The van der Waals surface area contributed by atoms with Crippen LogP contribution in [0.25, 0.3) is 0 Å². The second-order valence-corrected chi connectivity index (χ2v) is 5.91. The molecular weight excluding hydrogens is 236 g/mol. The zero-order valence-corrected chi connectivity index (χ0v) is 11.8. The van der Waals surface area contributed by atoms with Gasteiger partial charge in [0.05, 0.1) is 6.61 Å². The lowest BCUT2D eigenvalue weighted by Gasteiger charge is -2.28. The Morgan fingerprint density at radius 1 is 1.21 bits per heavy atom. The first-order valence-electron chi connectivity index (χ1n) is 7.47. The highest BCUT2D eigenvalue weighted by molar-refractivity contribution is 5.54. The maximum absolute atomic E-state index is 9.21. The first kappa shape index (κ1) is 12.9. The summed E-state index contributed by atoms with van der Waals surface area (Å²) in [7, 11) is 0. The van der Waals surface area contributed by atoms with Crippen molar-refractivity contribution in [3.8, 4) is 0 Å². The second-order valence-electron chi connectivity index (χ2n) is 5.91. The van der Waals surface area contributed by atoms with E-state index in [2.05, 4.69) is 34.9 Å². The van der Waals surface area contributed by atoms with Crippen molar-refractivity contribution in [2.45, 2.75) is 38.8 Å². The van der Waals surface area contributed by atoms with Crippen LogP contribution in [0, 0.1) is 6.92 Å². The quantitative estimate of drug-likeness (QED) is 0.883. The average molecular weight is 260 g/mol. The fourth-order valence-corrected chi connectivity index (χ4v) is 3.60. The van der Waals surface area contributed by atoms with Crippen LogP contribution in [-0.2, 0) is 6.61 Å². The molecule has 1 aromatic carbocycles. The van der Waals surface area contributed by atoms with Gasteiger partial charge in [0.2, 0.25) is 0 Å². The molecule has 0 amide bonds. The van der Waals surface area contributed by atoms with E-state index in [-0.39, 0.29) is 6.61 Å². The highest BCUT2D eigenvalue weighted by Gasteiger charge is 2.29. The first-order valence-corrected chi connectivity index (χ1v) is 7.47. The molecule has 3 rings (SSSR count). The van der Waals surface area contributed by atoms with Crippen LogP contribution in [0.2, 0.25) is 0 Å². The van der Waals surface area contributed by atoms with Gasteiger partial charge < -0.3 is 10.0 Å². The molecule has 0 spiro atoms. The molecule has 2 aliphatic heterocycles. The van der Waals surface area contributed by atoms with Crippen molar-refractivity contribution in [2.24, 2.45) is 0 Å². The zero-order chi connectivity index (χ0) is 13.2. The predicted molar refractivity (Wildman–Crippen MR) is 78.5 cm³/mol. The SMILES string of the molecule is Cc1cc(CO)ccc1N1CCCN2CCCC2C1. The Kier molecular flexibility index (Phi) is 3.76. The van der Waals surface area contributed by atoms with E-state index < -0.39 is 0 Å². The highest BCUT2D eigenvalue weighted by atomic mass is 16.3. The molecule has 104 valence electrons. The topological polar surface area (TPSA) is 26.7 Å². The lowest BCUT2D eigenvalue weighted by atomic mass is 10.1. The summed E-state index contributed by atoms with van der Waals surface area (Å²) in [5.74, 6) is 0. The third-order valence-corrected chi connectivity index (χ3v) is 4.59. The molecule has 0 saturated carbocycles. The van der Waals surface area contributed by atoms with Gasteiger partial charge in [-0.2, -0.15) is 0 Å². The zero-order valence-electron chi connectivity index (χ0n) is 11.8. The number of aliphatic hydroxyl groups excluding tert-OH is 1. The van der Waals surface area contributed by atoms with Gasteiger partial charge in [-0.3, -0.25) is 4.90 Å². The van der Waals surface area contributed by atoms with Crippen LogP contribution in [0.4, 0.5) is 5.69 Å². The number of aryl methyl sites for hydroxylation is 1. The Balaban J connectivity index is 1.80. The van der Waals surface area contributed by atoms with E-state index in [0.717, 1.165) is 18.2 Å². The van der Waals surface area contributed by atoms with Crippen LogP contribution in [0.1, 0.15) is 30.4 Å². The Hall–Kier alpha value is -1.06. The minimum Gasteiger partial charge on any atom is -0.392 e. The smallest absolute Gasteiger partial charge is 0.0681 e. The Labute approximate surface area is 115 Å². The van der Waals surface area contributed by atoms with Crippen molar-refractivity contribution < 1.29 is 5.11 Å². The van der Waals surface area contributed by atoms with Crippen molar-refractivity contribution >= 4 is 5.69 Å². The maximum atomic E-state index is 9.21. The van der Waals surface area contributed by atoms with Gasteiger partial charge in [-0.1, -0.05) is 12.1 Å². The summed E-state index contributed by atoms with van der Waals surface area (Å²) in [5, 5.41) is 9.21. The highest BCUT2D eigenvalue weighted by Crippen LogP contribution is 2.27. The molecule has 0 bridgehead atoms. The third-order valence-electron chi connectivity index (χ3n) is 4.59. The lowest BCUT2D eigenvalue weighted by Crippen LogP contribution is -2.36. The minimum absolute atomic E-state index is 0.136. The van der Waals surface area contributed by atoms with Gasteiger partial charge in [0.15, 0.2) is 0 Å². The standard InChI is InChI=1S/C16H24N2O/c1-13-10-14(12-19)5-6-16(13)18-9-3-8-17-7-2-4-15(17)11-18/h5-6,10,15,19H,2-4,7-9,11-12H2,1H3. The summed E-state index contributed by atoms with van der Waals surface area (Å²) in [4.78, 5) is 5.21. The molecule has 19 heavy (non-hydrogen) atoms. The number of hydrogen-bond donors (Lipinski definition) is 1. The van der Waals surface area contributed by atoms with Gasteiger partial charge in [0.25, 0.3) is 0 Å². The number of nitrogens with zero attached hydrogens (tertiary/aromatic N) is 2. The molecular formula is C16H24N2O. The maximum Gasteiger partial charge on any atom is 0.0681 e. The minimum atomic E-state index is 0.136. The van der Waals surface area contributed by atoms with Crippen LogP contribution in [0.3, 0.4) is 0 Å². The van der Waals surface area contributed by atoms with E-state index in [1.54, 1.807) is 0 Å². The summed E-state index contributed by atoms with van der Waals surface area (Å²) in [6.45, 7) is 7.17. The van der Waals surface area contributed by atoms with Crippen LogP contribution < -0.4 is 4.90 Å². The molecule has 3 nitrogen and oxygen atoms in total. The molecule has 1 aromatic rings. The van der Waals surface area contributed by atoms with E-state index in [1.807, 2.05) is 0 Å². The van der Waals surface area contributed by atoms with E-state index in [0.29, 0.717) is 0 Å². The number of hydrogen-bond acceptors (Lipinski definition) is 3. The van der Waals surface area contributed by atoms with Gasteiger partial charge in [0, 0.05) is 31.4 Å². The summed E-state index contributed by atoms with van der Waals surface area (Å²) in [6, 6.07) is 7.11. The van der Waals surface area contributed by atoms with Crippen LogP contribution in [-0.4, -0.2) is 42.2 Å². The lowest BCUT2D eigenvalue weighted by molar-refractivity contribution is 0.273. The number of fused-ring (bicyclic) bond motifs is 1. The Bertz CT molecular complexity index is 446. The van der Waals surface area contributed by atoms with Gasteiger partial charge in [-0.15, -0.1) is 0 Å². The van der Waals surface area contributed by atoms with Crippen molar-refractivity contribution in [3.63, 3.8) is 0 Å². The van der Waals surface area contributed by atoms with Crippen molar-refractivity contribution in [1.82, 2.24) is 4.90 Å². The monoisotopic (exact) mass is 260 g/mol. The number of anilines is 1. The Morgan fingerprint density at radius 2 is 2.05 bits per heavy atom. The van der Waals surface area contributed by atoms with Crippen molar-refractivity contribution in [1.29, 1.82) is 0 Å². The van der Waals surface area contributed by atoms with E-state index in [9.17, 15) is 5.11 Å². The molecule has 1 atom stereocenters.